The van der Waals surface area contributed by atoms with Crippen LogP contribution >= 0.6 is 0 Å². The molecule has 0 bridgehead atoms. The molecule has 10 nitrogen and oxygen atoms in total. The molecule has 0 atom stereocenters. The predicted octanol–water partition coefficient (Wildman–Crippen LogP) is -1.62. The van der Waals surface area contributed by atoms with E-state index in [1.54, 1.807) is 26.0 Å². The van der Waals surface area contributed by atoms with Crippen LogP contribution in [0, 0.1) is 13.8 Å². The predicted molar refractivity (Wildman–Crippen MR) is 145 cm³/mol. The van der Waals surface area contributed by atoms with E-state index < -0.39 is 41.6 Å². The molecule has 0 unspecified atom stereocenters. The quantitative estimate of drug-likeness (QED) is 0.166. The molecule has 0 aliphatic heterocycles. The smallest absolute Gasteiger partial charge is 0.744 e. The summed E-state index contributed by atoms with van der Waals surface area (Å²) in [5.41, 5.74) is 1.18. The average Bonchev–Trinajstić information content (AvgIpc) is 2.88. The maximum absolute atomic E-state index is 13.7. The normalized spacial score (nSPS) is 12.4. The first-order valence-electron chi connectivity index (χ1n) is 11.8. The maximum Gasteiger partial charge on any atom is 1.00 e. The third kappa shape index (κ3) is 6.58. The Morgan fingerprint density at radius 1 is 0.548 bits per heavy atom. The first-order chi connectivity index (χ1) is 18.8. The molecule has 1 aliphatic rings. The molecule has 4 aromatic carbocycles. The molecule has 4 aromatic rings. The van der Waals surface area contributed by atoms with Crippen LogP contribution in [-0.2, 0) is 20.2 Å². The second-order valence-electron chi connectivity index (χ2n) is 9.27. The molecule has 2 N–H and O–H groups in total. The number of carbonyl (C=O) groups is 2. The molecule has 0 amide bonds. The second kappa shape index (κ2) is 12.7. The number of benzene rings is 4. The zero-order chi connectivity index (χ0) is 29.0. The van der Waals surface area contributed by atoms with E-state index in [4.69, 9.17) is 0 Å². The number of hydrogen-bond acceptors (Lipinski definition) is 10. The number of carbonyl (C=O) groups excluding carboxylic acids is 2. The first kappa shape index (κ1) is 34.1. The van der Waals surface area contributed by atoms with Crippen LogP contribution in [0.1, 0.15) is 43.0 Å². The van der Waals surface area contributed by atoms with Crippen LogP contribution in [0.4, 0.5) is 22.7 Å². The number of aryl methyl sites for hydroxylation is 2. The number of fused-ring (bicyclic) bond motifs is 2. The largest absolute Gasteiger partial charge is 1.00 e. The van der Waals surface area contributed by atoms with E-state index in [0.717, 1.165) is 0 Å². The van der Waals surface area contributed by atoms with Crippen molar-refractivity contribution < 1.29 is 94.6 Å². The molecule has 0 aromatic heterocycles. The Balaban J connectivity index is 0.00000242. The van der Waals surface area contributed by atoms with E-state index in [-0.39, 0.29) is 104 Å². The van der Waals surface area contributed by atoms with Crippen LogP contribution < -0.4 is 69.7 Å². The molecule has 0 saturated carbocycles. The van der Waals surface area contributed by atoms with Gasteiger partial charge < -0.3 is 19.7 Å². The summed E-state index contributed by atoms with van der Waals surface area (Å²) in [4.78, 5) is 26.4. The van der Waals surface area contributed by atoms with Crippen molar-refractivity contribution >= 4 is 54.6 Å². The first-order valence-corrected chi connectivity index (χ1v) is 14.6. The van der Waals surface area contributed by atoms with Crippen molar-refractivity contribution in [1.29, 1.82) is 0 Å². The Labute approximate surface area is 287 Å². The van der Waals surface area contributed by atoms with Crippen molar-refractivity contribution in [2.45, 2.75) is 23.6 Å². The maximum atomic E-state index is 13.7. The molecule has 204 valence electrons. The molecule has 5 rings (SSSR count). The van der Waals surface area contributed by atoms with E-state index in [1.807, 2.05) is 0 Å². The van der Waals surface area contributed by atoms with Gasteiger partial charge in [-0.2, -0.15) is 0 Å². The van der Waals surface area contributed by atoms with Gasteiger partial charge in [0.1, 0.15) is 20.2 Å². The zero-order valence-corrected chi connectivity index (χ0v) is 28.6. The molecule has 0 radical (unpaired) electrons. The minimum Gasteiger partial charge on any atom is -0.744 e. The van der Waals surface area contributed by atoms with Crippen LogP contribution in [0.5, 0.6) is 0 Å². The number of ketones is 2. The van der Waals surface area contributed by atoms with Crippen LogP contribution in [0.25, 0.3) is 0 Å². The van der Waals surface area contributed by atoms with Gasteiger partial charge >= 0.3 is 59.1 Å². The molecule has 0 saturated heterocycles. The molecule has 14 heteroatoms. The Kier molecular flexibility index (Phi) is 10.3. The van der Waals surface area contributed by atoms with Gasteiger partial charge in [0.05, 0.1) is 43.7 Å². The summed E-state index contributed by atoms with van der Waals surface area (Å²) in [6, 6.07) is 17.2. The fourth-order valence-electron chi connectivity index (χ4n) is 4.62. The van der Waals surface area contributed by atoms with Crippen molar-refractivity contribution in [2.75, 3.05) is 10.6 Å². The van der Waals surface area contributed by atoms with Crippen LogP contribution in [0.3, 0.4) is 0 Å². The Morgan fingerprint density at radius 2 is 0.905 bits per heavy atom. The van der Waals surface area contributed by atoms with Crippen molar-refractivity contribution in [3.8, 4) is 0 Å². The fourth-order valence-corrected chi connectivity index (χ4v) is 6.06. The van der Waals surface area contributed by atoms with Crippen molar-refractivity contribution in [3.05, 3.63) is 106 Å². The Morgan fingerprint density at radius 3 is 1.24 bits per heavy atom. The SMILES string of the molecule is Cc1ccc(Nc2cccc3c2C(=O)c2cccc(Nc4ccc(C)cc4S(=O)(=O)[O-])c2C3=O)c(S(=O)(=O)[O-])c1.[Na+].[Na+]. The van der Waals surface area contributed by atoms with E-state index in [0.29, 0.717) is 11.1 Å². The molecule has 1 aliphatic carbocycles. The minimum absolute atomic E-state index is 0. The van der Waals surface area contributed by atoms with Gasteiger partial charge in [0.25, 0.3) is 0 Å². The summed E-state index contributed by atoms with van der Waals surface area (Å²) in [7, 11) is -9.72. The summed E-state index contributed by atoms with van der Waals surface area (Å²) < 4.78 is 71.3. The summed E-state index contributed by atoms with van der Waals surface area (Å²) >= 11 is 0. The molecular formula is C28H20N2Na2O8S2. The monoisotopic (exact) mass is 622 g/mol. The summed E-state index contributed by atoms with van der Waals surface area (Å²) in [5.74, 6) is -1.12. The Bertz CT molecular complexity index is 1840. The topological polar surface area (TPSA) is 173 Å². The van der Waals surface area contributed by atoms with Gasteiger partial charge in [-0.1, -0.05) is 36.4 Å². The molecular weight excluding hydrogens is 602 g/mol. The van der Waals surface area contributed by atoms with Gasteiger partial charge in [-0.3, -0.25) is 9.59 Å². The van der Waals surface area contributed by atoms with Crippen molar-refractivity contribution in [1.82, 2.24) is 0 Å². The van der Waals surface area contributed by atoms with Gasteiger partial charge in [-0.05, 0) is 61.4 Å². The average molecular weight is 623 g/mol. The third-order valence-corrected chi connectivity index (χ3v) is 8.18. The van der Waals surface area contributed by atoms with Crippen LogP contribution in [0.15, 0.2) is 82.6 Å². The van der Waals surface area contributed by atoms with E-state index in [2.05, 4.69) is 10.6 Å². The summed E-state index contributed by atoms with van der Waals surface area (Å²) in [6.07, 6.45) is 0. The van der Waals surface area contributed by atoms with Gasteiger partial charge in [-0.25, -0.2) is 16.8 Å². The minimum atomic E-state index is -4.86. The number of nitrogens with one attached hydrogen (secondary N) is 2. The summed E-state index contributed by atoms with van der Waals surface area (Å²) in [6.45, 7) is 3.25. The Hall–Kier alpha value is -2.36. The second-order valence-corrected chi connectivity index (χ2v) is 12.0. The van der Waals surface area contributed by atoms with Crippen molar-refractivity contribution in [3.63, 3.8) is 0 Å². The van der Waals surface area contributed by atoms with E-state index in [1.165, 1.54) is 60.7 Å². The molecule has 42 heavy (non-hydrogen) atoms. The summed E-state index contributed by atoms with van der Waals surface area (Å²) in [5, 5.41) is 5.66. The molecule has 0 spiro atoms. The van der Waals surface area contributed by atoms with Crippen molar-refractivity contribution in [2.24, 2.45) is 0 Å². The molecule has 0 fully saturated rings. The van der Waals surface area contributed by atoms with E-state index in [9.17, 15) is 35.5 Å². The molecule has 0 heterocycles. The van der Waals surface area contributed by atoms with E-state index >= 15 is 0 Å². The third-order valence-electron chi connectivity index (χ3n) is 6.42. The van der Waals surface area contributed by atoms with Gasteiger partial charge in [0.15, 0.2) is 11.6 Å². The van der Waals surface area contributed by atoms with Crippen LogP contribution in [0.2, 0.25) is 0 Å². The standard InChI is InChI=1S/C28H22N2O8S2.2Na/c1-15-9-11-19(23(13-15)39(33,34)35)29-21-7-3-5-17-25(21)27(31)18-6-4-8-22(26(18)28(17)32)30-20-12-10-16(2)14-24(20)40(36,37)38;;/h3-14,29-30H,1-2H3,(H,33,34,35)(H,36,37,38);;/q;2*+1/p-2. The van der Waals surface area contributed by atoms with Gasteiger partial charge in [0.2, 0.25) is 0 Å². The number of anilines is 4. The van der Waals surface area contributed by atoms with Crippen LogP contribution in [-0.4, -0.2) is 37.5 Å². The number of rotatable bonds is 6. The number of hydrogen-bond donors (Lipinski definition) is 2. The zero-order valence-electron chi connectivity index (χ0n) is 23.0. The van der Waals surface area contributed by atoms with Gasteiger partial charge in [0, 0.05) is 11.1 Å². The fraction of sp³-hybridized carbons (Fsp3) is 0.0714. The van der Waals surface area contributed by atoms with Gasteiger partial charge in [-0.15, -0.1) is 0 Å².